The number of aryl methyl sites for hydroxylation is 1. The molecule has 0 amide bonds. The Morgan fingerprint density at radius 2 is 1.92 bits per heavy atom. The number of hydrazone groups is 1. The van der Waals surface area contributed by atoms with E-state index in [1.54, 1.807) is 6.21 Å². The number of hydrogen-bond donors (Lipinski definition) is 1. The van der Waals surface area contributed by atoms with Gasteiger partial charge in [0.1, 0.15) is 5.69 Å². The van der Waals surface area contributed by atoms with Crippen molar-refractivity contribution in [3.05, 3.63) is 74.5 Å². The minimum Gasteiger partial charge on any atom is -0.347 e. The van der Waals surface area contributed by atoms with Gasteiger partial charge in [-0.1, -0.05) is 18.2 Å². The lowest BCUT2D eigenvalue weighted by molar-refractivity contribution is -0.393. The second-order valence-electron chi connectivity index (χ2n) is 5.47. The molecule has 0 aliphatic rings. The first kappa shape index (κ1) is 17.1. The summed E-state index contributed by atoms with van der Waals surface area (Å²) in [4.78, 5) is 20.5. The number of nitrogens with one attached hydrogen (secondary N) is 1. The van der Waals surface area contributed by atoms with E-state index in [1.165, 1.54) is 12.1 Å². The van der Waals surface area contributed by atoms with Gasteiger partial charge in [-0.25, -0.2) is 0 Å². The number of non-ortho nitro benzene ring substituents is 1. The number of nitrogens with zero attached hydrogens (tertiary/aromatic N) is 4. The van der Waals surface area contributed by atoms with Gasteiger partial charge in [-0.2, -0.15) is 5.10 Å². The highest BCUT2D eigenvalue weighted by Gasteiger charge is 2.19. The Labute approximate surface area is 147 Å². The molecule has 1 heterocycles. The van der Waals surface area contributed by atoms with Gasteiger partial charge in [0.25, 0.3) is 5.69 Å². The summed E-state index contributed by atoms with van der Waals surface area (Å²) in [6.45, 7) is 2.83. The highest BCUT2D eigenvalue weighted by Crippen LogP contribution is 2.29. The molecule has 0 saturated carbocycles. The van der Waals surface area contributed by atoms with Crippen LogP contribution in [0.3, 0.4) is 0 Å². The van der Waals surface area contributed by atoms with E-state index in [4.69, 9.17) is 0 Å². The van der Waals surface area contributed by atoms with Crippen molar-refractivity contribution < 1.29 is 9.85 Å². The lowest BCUT2D eigenvalue weighted by Crippen LogP contribution is -1.98. The molecule has 1 aromatic heterocycles. The summed E-state index contributed by atoms with van der Waals surface area (Å²) in [6.07, 6.45) is 3.51. The summed E-state index contributed by atoms with van der Waals surface area (Å²) in [5, 5.41) is 27.0. The maximum absolute atomic E-state index is 11.1. The van der Waals surface area contributed by atoms with Crippen LogP contribution in [0.2, 0.25) is 0 Å². The van der Waals surface area contributed by atoms with Gasteiger partial charge in [0.05, 0.1) is 22.1 Å². The normalized spacial score (nSPS) is 11.1. The van der Waals surface area contributed by atoms with Gasteiger partial charge >= 0.3 is 5.69 Å². The van der Waals surface area contributed by atoms with Gasteiger partial charge < -0.3 is 4.57 Å². The summed E-state index contributed by atoms with van der Waals surface area (Å²) < 4.78 is 2.07. The lowest BCUT2D eigenvalue weighted by Gasteiger charge is -2.01. The van der Waals surface area contributed by atoms with E-state index in [0.29, 0.717) is 0 Å². The van der Waals surface area contributed by atoms with Crippen LogP contribution in [0.5, 0.6) is 0 Å². The van der Waals surface area contributed by atoms with E-state index < -0.39 is 15.5 Å². The van der Waals surface area contributed by atoms with Crippen molar-refractivity contribution in [1.29, 1.82) is 0 Å². The van der Waals surface area contributed by atoms with E-state index in [-0.39, 0.29) is 11.4 Å². The van der Waals surface area contributed by atoms with Crippen molar-refractivity contribution in [2.75, 3.05) is 5.43 Å². The smallest absolute Gasteiger partial charge is 0.301 e. The predicted molar refractivity (Wildman–Crippen MR) is 98.6 cm³/mol. The highest BCUT2D eigenvalue weighted by molar-refractivity contribution is 5.99. The summed E-state index contributed by atoms with van der Waals surface area (Å²) in [5.74, 6) is 0. The molecule has 0 radical (unpaired) electrons. The number of nitro groups is 2. The lowest BCUT2D eigenvalue weighted by atomic mass is 10.2. The summed E-state index contributed by atoms with van der Waals surface area (Å²) in [6, 6.07) is 11.2. The molecule has 26 heavy (non-hydrogen) atoms. The van der Waals surface area contributed by atoms with E-state index >= 15 is 0 Å². The van der Waals surface area contributed by atoms with Crippen LogP contribution in [0.4, 0.5) is 17.1 Å². The van der Waals surface area contributed by atoms with Crippen molar-refractivity contribution in [3.8, 4) is 0 Å². The Kier molecular flexibility index (Phi) is 4.61. The number of anilines is 1. The molecule has 2 aromatic carbocycles. The first-order valence-corrected chi connectivity index (χ1v) is 7.81. The standard InChI is InChI=1S/C17H15N5O4/c1-2-20-11-12(14-5-3-4-6-16(14)20)10-18-19-15-8-7-13(21(23)24)9-17(15)22(25)26/h3-11,19H,2H2,1H3/b18-10-. The third-order valence-electron chi connectivity index (χ3n) is 3.94. The molecule has 0 aliphatic heterocycles. The van der Waals surface area contributed by atoms with Crippen molar-refractivity contribution in [2.24, 2.45) is 5.10 Å². The van der Waals surface area contributed by atoms with Crippen molar-refractivity contribution in [1.82, 2.24) is 4.57 Å². The van der Waals surface area contributed by atoms with E-state index in [0.717, 1.165) is 29.1 Å². The van der Waals surface area contributed by atoms with Crippen molar-refractivity contribution in [3.63, 3.8) is 0 Å². The molecule has 9 nitrogen and oxygen atoms in total. The molecule has 132 valence electrons. The number of rotatable bonds is 6. The molecule has 0 unspecified atom stereocenters. The topological polar surface area (TPSA) is 116 Å². The summed E-state index contributed by atoms with van der Waals surface area (Å²) in [7, 11) is 0. The number of nitro benzene ring substituents is 2. The van der Waals surface area contributed by atoms with Crippen molar-refractivity contribution in [2.45, 2.75) is 13.5 Å². The molecule has 0 fully saturated rings. The maximum Gasteiger partial charge on any atom is 0.301 e. The van der Waals surface area contributed by atoms with Crippen LogP contribution in [0.15, 0.2) is 53.8 Å². The van der Waals surface area contributed by atoms with Gasteiger partial charge in [0.15, 0.2) is 0 Å². The second-order valence-corrected chi connectivity index (χ2v) is 5.47. The number of benzene rings is 2. The molecular formula is C17H15N5O4. The molecular weight excluding hydrogens is 338 g/mol. The Morgan fingerprint density at radius 1 is 1.15 bits per heavy atom. The minimum atomic E-state index is -0.687. The number of para-hydroxylation sites is 1. The van der Waals surface area contributed by atoms with Crippen LogP contribution in [0.1, 0.15) is 12.5 Å². The third kappa shape index (κ3) is 3.22. The SMILES string of the molecule is CCn1cc(/C=N\Nc2ccc([N+](=O)[O-])cc2[N+](=O)[O-])c2ccccc21. The number of fused-ring (bicyclic) bond motifs is 1. The fraction of sp³-hybridized carbons (Fsp3) is 0.118. The third-order valence-corrected chi connectivity index (χ3v) is 3.94. The average molecular weight is 353 g/mol. The summed E-state index contributed by atoms with van der Waals surface area (Å²) in [5.41, 5.74) is 3.85. The Hall–Kier alpha value is -3.75. The molecule has 0 spiro atoms. The molecule has 0 atom stereocenters. The first-order valence-electron chi connectivity index (χ1n) is 7.81. The van der Waals surface area contributed by atoms with Gasteiger partial charge in [-0.3, -0.25) is 25.7 Å². The van der Waals surface area contributed by atoms with E-state index in [1.807, 2.05) is 37.4 Å². The van der Waals surface area contributed by atoms with Crippen LogP contribution in [-0.2, 0) is 6.54 Å². The predicted octanol–water partition coefficient (Wildman–Crippen LogP) is 3.92. The zero-order chi connectivity index (χ0) is 18.7. The van der Waals surface area contributed by atoms with Gasteiger partial charge in [0.2, 0.25) is 0 Å². The zero-order valence-corrected chi connectivity index (χ0v) is 13.8. The first-order chi connectivity index (χ1) is 12.5. The van der Waals surface area contributed by atoms with Gasteiger partial charge in [0, 0.05) is 35.3 Å². The van der Waals surface area contributed by atoms with Crippen molar-refractivity contribution >= 4 is 34.2 Å². The van der Waals surface area contributed by atoms with Crippen LogP contribution >= 0.6 is 0 Å². The maximum atomic E-state index is 11.1. The Morgan fingerprint density at radius 3 is 2.62 bits per heavy atom. The molecule has 3 aromatic rings. The molecule has 9 heteroatoms. The van der Waals surface area contributed by atoms with Crippen LogP contribution in [0.25, 0.3) is 10.9 Å². The van der Waals surface area contributed by atoms with Gasteiger partial charge in [-0.15, -0.1) is 0 Å². The quantitative estimate of drug-likeness (QED) is 0.409. The highest BCUT2D eigenvalue weighted by atomic mass is 16.6. The van der Waals surface area contributed by atoms with Crippen LogP contribution in [-0.4, -0.2) is 20.6 Å². The Balaban J connectivity index is 1.90. The molecule has 0 saturated heterocycles. The molecule has 0 aliphatic carbocycles. The molecule has 3 rings (SSSR count). The largest absolute Gasteiger partial charge is 0.347 e. The Bertz CT molecular complexity index is 1030. The number of aromatic nitrogens is 1. The average Bonchev–Trinajstić information content (AvgIpc) is 2.99. The van der Waals surface area contributed by atoms with Crippen LogP contribution in [0, 0.1) is 20.2 Å². The minimum absolute atomic E-state index is 0.0797. The second kappa shape index (κ2) is 7.01. The van der Waals surface area contributed by atoms with Crippen LogP contribution < -0.4 is 5.43 Å². The number of hydrogen-bond acceptors (Lipinski definition) is 6. The van der Waals surface area contributed by atoms with E-state index in [9.17, 15) is 20.2 Å². The fourth-order valence-electron chi connectivity index (χ4n) is 2.69. The van der Waals surface area contributed by atoms with Gasteiger partial charge in [-0.05, 0) is 19.1 Å². The molecule has 1 N–H and O–H groups in total. The van der Waals surface area contributed by atoms with E-state index in [2.05, 4.69) is 15.1 Å². The fourth-order valence-corrected chi connectivity index (χ4v) is 2.69. The monoisotopic (exact) mass is 353 g/mol. The zero-order valence-electron chi connectivity index (χ0n) is 13.8. The summed E-state index contributed by atoms with van der Waals surface area (Å²) >= 11 is 0. The molecule has 0 bridgehead atoms.